The van der Waals surface area contributed by atoms with Gasteiger partial charge in [0.2, 0.25) is 0 Å². The molecule has 0 radical (unpaired) electrons. The summed E-state index contributed by atoms with van der Waals surface area (Å²) in [6, 6.07) is 47.8. The highest BCUT2D eigenvalue weighted by Crippen LogP contribution is 2.49. The van der Waals surface area contributed by atoms with Crippen LogP contribution in [-0.4, -0.2) is 18.8 Å². The van der Waals surface area contributed by atoms with Crippen LogP contribution in [0.1, 0.15) is 11.1 Å². The molecule has 1 aliphatic rings. The quantitative estimate of drug-likeness (QED) is 0.157. The molecule has 0 amide bonds. The maximum absolute atomic E-state index is 8.90. The fraction of sp³-hybridized carbons (Fsp3) is 0.0244. The third-order valence-electron chi connectivity index (χ3n) is 8.77. The molecule has 45 heavy (non-hydrogen) atoms. The lowest BCUT2D eigenvalue weighted by Gasteiger charge is -2.18. The number of aliphatic imine (C=N–C) groups is 1. The summed E-state index contributed by atoms with van der Waals surface area (Å²) < 4.78 is 6.05. The molecule has 0 atom stereocenters. The van der Waals surface area contributed by atoms with Crippen molar-refractivity contribution in [2.45, 2.75) is 0 Å². The predicted molar refractivity (Wildman–Crippen MR) is 187 cm³/mol. The van der Waals surface area contributed by atoms with E-state index in [4.69, 9.17) is 15.9 Å². The van der Waals surface area contributed by atoms with Gasteiger partial charge in [-0.25, -0.2) is 4.99 Å². The van der Waals surface area contributed by atoms with Crippen molar-refractivity contribution < 1.29 is 4.74 Å². The highest BCUT2D eigenvalue weighted by Gasteiger charge is 2.24. The van der Waals surface area contributed by atoms with Gasteiger partial charge in [-0.2, -0.15) is 0 Å². The molecular formula is C41H29N3O. The standard InChI is InChI=1S/C41H29N3O/c1-45-37-24-29(30-20-21-35-32-15-8-7-14-31(32)34-17-9-16-33(30)39(34)35)23-36(38(37)26-11-3-2-4-12-26)41(43)44-40(42)28-19-18-25-10-5-6-13-27(25)22-28/h2-24H,1H3,(H3,42,43,44). The van der Waals surface area contributed by atoms with Crippen LogP contribution in [0, 0.1) is 5.41 Å². The van der Waals surface area contributed by atoms with Gasteiger partial charge in [-0.3, -0.25) is 5.41 Å². The zero-order valence-corrected chi connectivity index (χ0v) is 24.7. The van der Waals surface area contributed by atoms with E-state index in [-0.39, 0.29) is 11.7 Å². The molecule has 4 nitrogen and oxygen atoms in total. The van der Waals surface area contributed by atoms with Gasteiger partial charge in [0, 0.05) is 16.7 Å². The van der Waals surface area contributed by atoms with Crippen LogP contribution in [0.2, 0.25) is 0 Å². The van der Waals surface area contributed by atoms with E-state index in [1.807, 2.05) is 66.7 Å². The molecule has 0 aromatic heterocycles. The van der Waals surface area contributed by atoms with Gasteiger partial charge < -0.3 is 10.5 Å². The summed E-state index contributed by atoms with van der Waals surface area (Å²) in [4.78, 5) is 4.67. The Morgan fingerprint density at radius 1 is 0.600 bits per heavy atom. The number of nitrogens with zero attached hydrogens (tertiary/aromatic N) is 1. The summed E-state index contributed by atoms with van der Waals surface area (Å²) in [5.41, 5.74) is 17.1. The third-order valence-corrected chi connectivity index (χ3v) is 8.77. The van der Waals surface area contributed by atoms with Crippen LogP contribution >= 0.6 is 0 Å². The second-order valence-electron chi connectivity index (χ2n) is 11.3. The van der Waals surface area contributed by atoms with E-state index in [1.165, 1.54) is 33.0 Å². The van der Waals surface area contributed by atoms with Crippen LogP contribution < -0.4 is 10.5 Å². The van der Waals surface area contributed by atoms with Crippen LogP contribution in [0.5, 0.6) is 5.75 Å². The summed E-state index contributed by atoms with van der Waals surface area (Å²) in [5, 5.41) is 13.5. The number of amidine groups is 2. The average Bonchev–Trinajstić information content (AvgIpc) is 3.43. The maximum Gasteiger partial charge on any atom is 0.154 e. The lowest BCUT2D eigenvalue weighted by Crippen LogP contribution is -2.18. The Morgan fingerprint density at radius 2 is 1.27 bits per heavy atom. The smallest absolute Gasteiger partial charge is 0.154 e. The van der Waals surface area contributed by atoms with Gasteiger partial charge in [-0.05, 0) is 78.7 Å². The molecule has 0 fully saturated rings. The Labute approximate surface area is 261 Å². The van der Waals surface area contributed by atoms with Crippen molar-refractivity contribution in [3.8, 4) is 50.3 Å². The van der Waals surface area contributed by atoms with E-state index in [1.54, 1.807) is 7.11 Å². The zero-order valence-electron chi connectivity index (χ0n) is 24.7. The van der Waals surface area contributed by atoms with E-state index < -0.39 is 0 Å². The van der Waals surface area contributed by atoms with Gasteiger partial charge in [0.25, 0.3) is 0 Å². The molecule has 0 unspecified atom stereocenters. The van der Waals surface area contributed by atoms with Crippen LogP contribution in [0.15, 0.2) is 145 Å². The summed E-state index contributed by atoms with van der Waals surface area (Å²) in [7, 11) is 1.68. The number of ether oxygens (including phenoxy) is 1. The lowest BCUT2D eigenvalue weighted by molar-refractivity contribution is 0.416. The van der Waals surface area contributed by atoms with E-state index in [9.17, 15) is 0 Å². The van der Waals surface area contributed by atoms with Gasteiger partial charge >= 0.3 is 0 Å². The van der Waals surface area contributed by atoms with Gasteiger partial charge in [0.1, 0.15) is 11.6 Å². The minimum atomic E-state index is 0.102. The van der Waals surface area contributed by atoms with E-state index >= 15 is 0 Å². The Hall–Kier alpha value is -6.00. The second kappa shape index (κ2) is 10.6. The minimum Gasteiger partial charge on any atom is -0.496 e. The molecule has 7 aromatic rings. The number of rotatable bonds is 5. The summed E-state index contributed by atoms with van der Waals surface area (Å²) in [6.07, 6.45) is 0. The maximum atomic E-state index is 8.90. The number of nitrogens with one attached hydrogen (secondary N) is 1. The van der Waals surface area contributed by atoms with Crippen molar-refractivity contribution in [3.05, 3.63) is 151 Å². The highest BCUT2D eigenvalue weighted by atomic mass is 16.5. The van der Waals surface area contributed by atoms with Gasteiger partial charge in [0.15, 0.2) is 5.84 Å². The van der Waals surface area contributed by atoms with E-state index in [0.717, 1.165) is 33.0 Å². The highest BCUT2D eigenvalue weighted by molar-refractivity contribution is 6.19. The lowest BCUT2D eigenvalue weighted by atomic mass is 9.90. The van der Waals surface area contributed by atoms with Crippen molar-refractivity contribution in [1.29, 1.82) is 5.41 Å². The molecule has 4 heteroatoms. The Kier molecular flexibility index (Phi) is 6.28. The fourth-order valence-corrected chi connectivity index (χ4v) is 6.68. The van der Waals surface area contributed by atoms with Crippen molar-refractivity contribution in [1.82, 2.24) is 0 Å². The van der Waals surface area contributed by atoms with Crippen molar-refractivity contribution >= 4 is 33.2 Å². The minimum absolute atomic E-state index is 0.102. The summed E-state index contributed by atoms with van der Waals surface area (Å²) >= 11 is 0. The Morgan fingerprint density at radius 3 is 2.04 bits per heavy atom. The van der Waals surface area contributed by atoms with Crippen LogP contribution in [-0.2, 0) is 0 Å². The third kappa shape index (κ3) is 4.38. The van der Waals surface area contributed by atoms with E-state index in [0.29, 0.717) is 16.9 Å². The van der Waals surface area contributed by atoms with Crippen LogP contribution in [0.4, 0.5) is 0 Å². The topological polar surface area (TPSA) is 71.5 Å². The first-order valence-electron chi connectivity index (χ1n) is 15.0. The van der Waals surface area contributed by atoms with Gasteiger partial charge in [0.05, 0.1) is 7.11 Å². The largest absolute Gasteiger partial charge is 0.496 e. The second-order valence-corrected chi connectivity index (χ2v) is 11.3. The molecule has 0 spiro atoms. The molecule has 1 aliphatic carbocycles. The molecule has 7 aromatic carbocycles. The average molecular weight is 580 g/mol. The number of nitrogens with two attached hydrogens (primary N) is 1. The monoisotopic (exact) mass is 579 g/mol. The first kappa shape index (κ1) is 26.6. The SMILES string of the molecule is COc1cc(-c2ccc3c4c(cccc24)-c2ccccc2-3)cc(/C(N)=N/C(=N)c2ccc3ccccc3c2)c1-c1ccccc1. The predicted octanol–water partition coefficient (Wildman–Crippen LogP) is 9.71. The summed E-state index contributed by atoms with van der Waals surface area (Å²) in [6.45, 7) is 0. The fourth-order valence-electron chi connectivity index (χ4n) is 6.68. The van der Waals surface area contributed by atoms with Crippen molar-refractivity contribution in [2.75, 3.05) is 7.11 Å². The Balaban J connectivity index is 1.32. The molecule has 0 bridgehead atoms. The molecule has 214 valence electrons. The molecule has 0 saturated carbocycles. The Bertz CT molecular complexity index is 2310. The van der Waals surface area contributed by atoms with Crippen LogP contribution in [0.25, 0.3) is 66.1 Å². The van der Waals surface area contributed by atoms with Crippen molar-refractivity contribution in [2.24, 2.45) is 10.7 Å². The number of hydrogen-bond acceptors (Lipinski definition) is 2. The number of benzene rings is 7. The molecular weight excluding hydrogens is 550 g/mol. The normalized spacial score (nSPS) is 12.0. The first-order valence-corrected chi connectivity index (χ1v) is 15.0. The molecule has 0 heterocycles. The molecule has 0 saturated heterocycles. The first-order chi connectivity index (χ1) is 22.1. The van der Waals surface area contributed by atoms with Crippen LogP contribution in [0.3, 0.4) is 0 Å². The zero-order chi connectivity index (χ0) is 30.5. The van der Waals surface area contributed by atoms with Gasteiger partial charge in [-0.15, -0.1) is 0 Å². The number of fused-ring (bicyclic) bond motifs is 4. The summed E-state index contributed by atoms with van der Waals surface area (Å²) in [5.74, 6) is 1.05. The van der Waals surface area contributed by atoms with E-state index in [2.05, 4.69) is 77.8 Å². The van der Waals surface area contributed by atoms with Gasteiger partial charge in [-0.1, -0.05) is 121 Å². The van der Waals surface area contributed by atoms with Crippen molar-refractivity contribution in [3.63, 3.8) is 0 Å². The molecule has 0 aliphatic heterocycles. The number of methoxy groups -OCH3 is 1. The molecule has 8 rings (SSSR count). The number of hydrogen-bond donors (Lipinski definition) is 2. The molecule has 3 N–H and O–H groups in total.